The molecule has 0 spiro atoms. The fourth-order valence-corrected chi connectivity index (χ4v) is 4.11. The maximum atomic E-state index is 12.0. The second-order valence-electron chi connectivity index (χ2n) is 8.09. The Bertz CT molecular complexity index is 905. The molecule has 1 aliphatic carbocycles. The van der Waals surface area contributed by atoms with Gasteiger partial charge in [0.05, 0.1) is 11.4 Å². The number of pyridine rings is 1. The van der Waals surface area contributed by atoms with E-state index in [-0.39, 0.29) is 18.4 Å². The third-order valence-electron chi connectivity index (χ3n) is 5.99. The van der Waals surface area contributed by atoms with Crippen molar-refractivity contribution in [3.05, 3.63) is 59.9 Å². The van der Waals surface area contributed by atoms with Crippen LogP contribution >= 0.6 is 0 Å². The van der Waals surface area contributed by atoms with Crippen molar-refractivity contribution in [2.75, 3.05) is 25.5 Å². The summed E-state index contributed by atoms with van der Waals surface area (Å²) in [7, 11) is 3.48. The predicted octanol–water partition coefficient (Wildman–Crippen LogP) is 3.99. The molecule has 1 aromatic carbocycles. The number of anilines is 1. The number of aromatic nitrogens is 1. The van der Waals surface area contributed by atoms with E-state index in [4.69, 9.17) is 0 Å². The van der Waals surface area contributed by atoms with Gasteiger partial charge in [-0.2, -0.15) is 0 Å². The minimum Gasteiger partial charge on any atom is -0.359 e. The van der Waals surface area contributed by atoms with Crippen LogP contribution in [0.15, 0.2) is 53.8 Å². The molecule has 164 valence electrons. The van der Waals surface area contributed by atoms with E-state index in [1.165, 1.54) is 32.1 Å². The summed E-state index contributed by atoms with van der Waals surface area (Å²) >= 11 is 0. The maximum Gasteiger partial charge on any atom is 0.248 e. The molecular formula is C25H32N4O2. The smallest absolute Gasteiger partial charge is 0.248 e. The Hall–Kier alpha value is -3.02. The molecule has 1 saturated carbocycles. The average molecular weight is 421 g/mol. The summed E-state index contributed by atoms with van der Waals surface area (Å²) in [5, 5.41) is 2.67. The van der Waals surface area contributed by atoms with Crippen molar-refractivity contribution in [3.63, 3.8) is 0 Å². The molecule has 6 heteroatoms. The van der Waals surface area contributed by atoms with Gasteiger partial charge in [-0.15, -0.1) is 0 Å². The summed E-state index contributed by atoms with van der Waals surface area (Å²) in [6, 6.07) is 11.7. The second kappa shape index (κ2) is 11.4. The Morgan fingerprint density at radius 2 is 1.87 bits per heavy atom. The number of fused-ring (bicyclic) bond motifs is 1. The van der Waals surface area contributed by atoms with Gasteiger partial charge in [-0.3, -0.25) is 19.6 Å². The first kappa shape index (κ1) is 22.7. The molecule has 4 rings (SSSR count). The van der Waals surface area contributed by atoms with Gasteiger partial charge in [-0.1, -0.05) is 62.4 Å². The van der Waals surface area contributed by atoms with Gasteiger partial charge in [0.25, 0.3) is 0 Å². The first-order valence-corrected chi connectivity index (χ1v) is 11.1. The summed E-state index contributed by atoms with van der Waals surface area (Å²) in [4.78, 5) is 33.1. The topological polar surface area (TPSA) is 74.7 Å². The molecule has 1 aliphatic heterocycles. The average Bonchev–Trinajstić information content (AvgIpc) is 2.96. The molecular weight excluding hydrogens is 388 g/mol. The number of rotatable bonds is 4. The molecule has 2 amide bonds. The number of hydrogen-bond donors (Lipinski definition) is 1. The molecule has 31 heavy (non-hydrogen) atoms. The van der Waals surface area contributed by atoms with Gasteiger partial charge < -0.3 is 10.2 Å². The molecule has 0 radical (unpaired) electrons. The minimum atomic E-state index is -0.0154. The predicted molar refractivity (Wildman–Crippen MR) is 124 cm³/mol. The van der Waals surface area contributed by atoms with Crippen LogP contribution in [0.1, 0.15) is 56.1 Å². The molecule has 0 atom stereocenters. The molecule has 6 nitrogen and oxygen atoms in total. The van der Waals surface area contributed by atoms with Crippen LogP contribution < -0.4 is 10.2 Å². The number of nitrogens with one attached hydrogen (secondary N) is 1. The van der Waals surface area contributed by atoms with Crippen LogP contribution in [0.4, 0.5) is 5.69 Å². The van der Waals surface area contributed by atoms with Crippen LogP contribution in [-0.2, 0) is 9.59 Å². The second-order valence-corrected chi connectivity index (χ2v) is 8.09. The molecule has 0 unspecified atom stereocenters. The molecule has 1 aromatic heterocycles. The van der Waals surface area contributed by atoms with E-state index in [9.17, 15) is 9.59 Å². The normalized spacial score (nSPS) is 16.4. The van der Waals surface area contributed by atoms with E-state index in [1.807, 2.05) is 36.4 Å². The number of carbonyl (C=O) groups is 2. The molecule has 1 N–H and O–H groups in total. The first-order valence-electron chi connectivity index (χ1n) is 11.1. The summed E-state index contributed by atoms with van der Waals surface area (Å²) in [5.41, 5.74) is 3.56. The van der Waals surface area contributed by atoms with Gasteiger partial charge in [-0.05, 0) is 18.4 Å². The van der Waals surface area contributed by atoms with Crippen molar-refractivity contribution in [1.82, 2.24) is 10.3 Å². The van der Waals surface area contributed by atoms with E-state index in [0.717, 1.165) is 41.3 Å². The Morgan fingerprint density at radius 1 is 1.13 bits per heavy atom. The number of carbonyl (C=O) groups excluding carboxylic acids is 2. The lowest BCUT2D eigenvalue weighted by atomic mass is 9.86. The van der Waals surface area contributed by atoms with Gasteiger partial charge in [0.1, 0.15) is 6.54 Å². The zero-order chi connectivity index (χ0) is 22.1. The van der Waals surface area contributed by atoms with E-state index >= 15 is 0 Å². The van der Waals surface area contributed by atoms with Gasteiger partial charge >= 0.3 is 0 Å². The Balaban J connectivity index is 0.000000196. The van der Waals surface area contributed by atoms with Crippen LogP contribution in [0.5, 0.6) is 0 Å². The van der Waals surface area contributed by atoms with E-state index in [1.54, 1.807) is 31.4 Å². The van der Waals surface area contributed by atoms with Gasteiger partial charge in [0, 0.05) is 44.0 Å². The molecule has 2 heterocycles. The number of aliphatic imine (C=N–C) groups is 1. The van der Waals surface area contributed by atoms with E-state index < -0.39 is 0 Å². The molecule has 0 saturated heterocycles. The van der Waals surface area contributed by atoms with Gasteiger partial charge in [0.15, 0.2) is 0 Å². The highest BCUT2D eigenvalue weighted by Crippen LogP contribution is 2.27. The highest BCUT2D eigenvalue weighted by Gasteiger charge is 2.22. The summed E-state index contributed by atoms with van der Waals surface area (Å²) in [5.74, 6) is 1.01. The summed E-state index contributed by atoms with van der Waals surface area (Å²) < 4.78 is 0. The van der Waals surface area contributed by atoms with Crippen LogP contribution in [0.3, 0.4) is 0 Å². The third-order valence-corrected chi connectivity index (χ3v) is 5.99. The van der Waals surface area contributed by atoms with E-state index in [2.05, 4.69) is 15.3 Å². The van der Waals surface area contributed by atoms with Crippen molar-refractivity contribution in [3.8, 4) is 0 Å². The lowest BCUT2D eigenvalue weighted by Crippen LogP contribution is -2.27. The van der Waals surface area contributed by atoms with Gasteiger partial charge in [0.2, 0.25) is 11.8 Å². The van der Waals surface area contributed by atoms with Crippen LogP contribution in [0, 0.1) is 5.92 Å². The number of hydrogen-bond acceptors (Lipinski definition) is 4. The Kier molecular flexibility index (Phi) is 8.33. The Labute approximate surface area is 184 Å². The zero-order valence-electron chi connectivity index (χ0n) is 18.5. The van der Waals surface area contributed by atoms with Crippen molar-refractivity contribution >= 4 is 23.2 Å². The van der Waals surface area contributed by atoms with Crippen molar-refractivity contribution in [2.45, 2.75) is 44.9 Å². The van der Waals surface area contributed by atoms with Crippen LogP contribution in [0.2, 0.25) is 0 Å². The van der Waals surface area contributed by atoms with Crippen molar-refractivity contribution in [1.29, 1.82) is 0 Å². The van der Waals surface area contributed by atoms with Crippen LogP contribution in [0.25, 0.3) is 0 Å². The zero-order valence-corrected chi connectivity index (χ0v) is 18.5. The first-order chi connectivity index (χ1) is 15.1. The van der Waals surface area contributed by atoms with Gasteiger partial charge in [-0.25, -0.2) is 0 Å². The summed E-state index contributed by atoms with van der Waals surface area (Å²) in [6.45, 7) is 0.162. The number of benzene rings is 1. The number of nitrogens with zero attached hydrogens (tertiary/aromatic N) is 3. The standard InChI is InChI=1S/C15H13N3O.C10H19NO/c1-18-13-7-8-16-9-12(13)15(17-10-14(18)19)11-5-3-2-4-6-11;1-11-10(12)8-7-9-5-3-2-4-6-9/h2-9H,10H2,1H3;9H,2-8H2,1H3,(H,11,12). The molecule has 1 fully saturated rings. The lowest BCUT2D eigenvalue weighted by molar-refractivity contribution is -0.121. The third kappa shape index (κ3) is 6.23. The van der Waals surface area contributed by atoms with Crippen molar-refractivity contribution in [2.24, 2.45) is 10.9 Å². The monoisotopic (exact) mass is 420 g/mol. The van der Waals surface area contributed by atoms with Crippen LogP contribution in [-0.4, -0.2) is 43.2 Å². The summed E-state index contributed by atoms with van der Waals surface area (Å²) in [6.07, 6.45) is 12.1. The lowest BCUT2D eigenvalue weighted by Gasteiger charge is -2.20. The highest BCUT2D eigenvalue weighted by atomic mass is 16.2. The Morgan fingerprint density at radius 3 is 2.58 bits per heavy atom. The largest absolute Gasteiger partial charge is 0.359 e. The maximum absolute atomic E-state index is 12.0. The fourth-order valence-electron chi connectivity index (χ4n) is 4.11. The number of likely N-dealkylation sites (N-methyl/N-ethyl adjacent to an activating group) is 1. The quantitative estimate of drug-likeness (QED) is 0.813. The minimum absolute atomic E-state index is 0.0154. The SMILES string of the molecule is CN1C(=O)CN=C(c2ccccc2)c2cnccc21.CNC(=O)CCC1CCCCC1. The molecule has 0 bridgehead atoms. The molecule has 2 aromatic rings. The van der Waals surface area contributed by atoms with Crippen molar-refractivity contribution < 1.29 is 9.59 Å². The fraction of sp³-hybridized carbons (Fsp3) is 0.440. The van der Waals surface area contributed by atoms with E-state index in [0.29, 0.717) is 0 Å². The highest BCUT2D eigenvalue weighted by molar-refractivity contribution is 6.19. The number of amides is 2. The molecule has 2 aliphatic rings.